The molecule has 3 heterocycles. The normalized spacial score (nSPS) is 10.6. The van der Waals surface area contributed by atoms with Crippen molar-refractivity contribution in [1.29, 1.82) is 0 Å². The Bertz CT molecular complexity index is 1040. The van der Waals surface area contributed by atoms with Gasteiger partial charge in [0.2, 0.25) is 11.6 Å². The number of rotatable bonds is 5. The highest BCUT2D eigenvalue weighted by Gasteiger charge is 2.10. The molecule has 0 bridgehead atoms. The summed E-state index contributed by atoms with van der Waals surface area (Å²) in [5.41, 5.74) is 0.599. The first kappa shape index (κ1) is 16.5. The van der Waals surface area contributed by atoms with Crippen molar-refractivity contribution in [2.24, 2.45) is 0 Å². The summed E-state index contributed by atoms with van der Waals surface area (Å²) in [6.07, 6.45) is 6.52. The van der Waals surface area contributed by atoms with Crippen LogP contribution in [-0.4, -0.2) is 30.6 Å². The molecule has 4 aromatic rings. The molecule has 0 aliphatic rings. The van der Waals surface area contributed by atoms with Crippen LogP contribution in [0.2, 0.25) is 0 Å². The molecule has 4 rings (SSSR count). The Kier molecular flexibility index (Phi) is 4.32. The molecule has 0 aliphatic carbocycles. The third-order valence-corrected chi connectivity index (χ3v) is 3.57. The van der Waals surface area contributed by atoms with Crippen LogP contribution >= 0.6 is 0 Å². The lowest BCUT2D eigenvalue weighted by molar-refractivity contribution is 0.0988. The molecule has 1 N–H and O–H groups in total. The van der Waals surface area contributed by atoms with Crippen LogP contribution in [0.15, 0.2) is 65.8 Å². The summed E-state index contributed by atoms with van der Waals surface area (Å²) < 4.78 is 12.4. The topological polar surface area (TPSA) is 108 Å². The van der Waals surface area contributed by atoms with E-state index in [2.05, 4.69) is 25.4 Å². The number of nitrogens with zero attached hydrogens (tertiary/aromatic N) is 5. The van der Waals surface area contributed by atoms with E-state index >= 15 is 0 Å². The number of amides is 1. The average Bonchev–Trinajstić information content (AvgIpc) is 3.37. The quantitative estimate of drug-likeness (QED) is 0.581. The minimum Gasteiger partial charge on any atom is -0.439 e. The Hall–Kier alpha value is -4.01. The number of carbonyl (C=O) groups is 1. The number of aromatic nitrogens is 5. The number of imidazole rings is 1. The first-order valence-electron chi connectivity index (χ1n) is 8.01. The van der Waals surface area contributed by atoms with Gasteiger partial charge in [0.15, 0.2) is 0 Å². The maximum Gasteiger partial charge on any atom is 0.294 e. The van der Waals surface area contributed by atoms with Gasteiger partial charge in [0.25, 0.3) is 5.91 Å². The van der Waals surface area contributed by atoms with Gasteiger partial charge in [-0.05, 0) is 31.2 Å². The number of aryl methyl sites for hydroxylation is 1. The second-order valence-electron chi connectivity index (χ2n) is 5.54. The molecule has 27 heavy (non-hydrogen) atoms. The van der Waals surface area contributed by atoms with Gasteiger partial charge in [-0.3, -0.25) is 9.36 Å². The first-order valence-corrected chi connectivity index (χ1v) is 8.01. The van der Waals surface area contributed by atoms with Gasteiger partial charge in [-0.25, -0.2) is 9.97 Å². The fourth-order valence-corrected chi connectivity index (χ4v) is 2.36. The second kappa shape index (κ2) is 7.08. The number of carbonyl (C=O) groups excluding carboxylic acids is 1. The van der Waals surface area contributed by atoms with Gasteiger partial charge in [-0.2, -0.15) is 4.98 Å². The fourth-order valence-electron chi connectivity index (χ4n) is 2.36. The number of benzene rings is 1. The fraction of sp³-hybridized carbons (Fsp3) is 0.0556. The number of anilines is 1. The molecular weight excluding hydrogens is 348 g/mol. The van der Waals surface area contributed by atoms with Gasteiger partial charge in [-0.1, -0.05) is 5.16 Å². The first-order chi connectivity index (χ1) is 13.2. The van der Waals surface area contributed by atoms with E-state index < -0.39 is 0 Å². The second-order valence-corrected chi connectivity index (χ2v) is 5.54. The molecule has 0 radical (unpaired) electrons. The number of nitrogens with one attached hydrogen (secondary N) is 1. The molecule has 0 saturated heterocycles. The smallest absolute Gasteiger partial charge is 0.294 e. The third kappa shape index (κ3) is 3.82. The van der Waals surface area contributed by atoms with E-state index in [1.165, 1.54) is 12.3 Å². The lowest BCUT2D eigenvalue weighted by atomic mass is 10.3. The van der Waals surface area contributed by atoms with Crippen molar-refractivity contribution < 1.29 is 14.1 Å². The van der Waals surface area contributed by atoms with Gasteiger partial charge in [0.05, 0.1) is 6.20 Å². The van der Waals surface area contributed by atoms with Gasteiger partial charge < -0.3 is 14.6 Å². The summed E-state index contributed by atoms with van der Waals surface area (Å²) >= 11 is 0. The standard InChI is InChI=1S/C18H14N6O3/c1-12-21-16(24-9-8-19-11-24)10-17(22-12)26-14-4-2-13(3-5-14)23-18(25)15-6-7-20-27-15/h2-11H,1H3,(H,23,25). The van der Waals surface area contributed by atoms with Crippen molar-refractivity contribution in [2.75, 3.05) is 5.32 Å². The van der Waals surface area contributed by atoms with E-state index in [0.29, 0.717) is 29.0 Å². The highest BCUT2D eigenvalue weighted by Crippen LogP contribution is 2.23. The molecule has 1 amide bonds. The maximum atomic E-state index is 11.9. The van der Waals surface area contributed by atoms with Crippen molar-refractivity contribution in [2.45, 2.75) is 6.92 Å². The molecule has 0 atom stereocenters. The summed E-state index contributed by atoms with van der Waals surface area (Å²) in [5.74, 6) is 1.97. The zero-order chi connectivity index (χ0) is 18.6. The maximum absolute atomic E-state index is 11.9. The Morgan fingerprint density at radius 2 is 2.00 bits per heavy atom. The van der Waals surface area contributed by atoms with Crippen molar-refractivity contribution in [3.05, 3.63) is 72.9 Å². The van der Waals surface area contributed by atoms with Crippen LogP contribution in [0, 0.1) is 6.92 Å². The Morgan fingerprint density at radius 3 is 2.70 bits per heavy atom. The minimum absolute atomic E-state index is 0.138. The largest absolute Gasteiger partial charge is 0.439 e. The molecule has 0 saturated carbocycles. The van der Waals surface area contributed by atoms with E-state index in [1.54, 1.807) is 60.5 Å². The summed E-state index contributed by atoms with van der Waals surface area (Å²) in [7, 11) is 0. The molecule has 9 heteroatoms. The van der Waals surface area contributed by atoms with Gasteiger partial charge in [0.1, 0.15) is 23.7 Å². The van der Waals surface area contributed by atoms with Gasteiger partial charge >= 0.3 is 0 Å². The van der Waals surface area contributed by atoms with Gasteiger partial charge in [-0.15, -0.1) is 0 Å². The van der Waals surface area contributed by atoms with E-state index in [4.69, 9.17) is 9.26 Å². The van der Waals surface area contributed by atoms with Crippen LogP contribution < -0.4 is 10.1 Å². The van der Waals surface area contributed by atoms with Crippen LogP contribution in [-0.2, 0) is 0 Å². The zero-order valence-corrected chi connectivity index (χ0v) is 14.2. The van der Waals surface area contributed by atoms with Crippen molar-refractivity contribution in [3.8, 4) is 17.4 Å². The molecule has 134 valence electrons. The SMILES string of the molecule is Cc1nc(Oc2ccc(NC(=O)c3ccno3)cc2)cc(-n2ccnc2)n1. The molecule has 0 aliphatic heterocycles. The van der Waals surface area contributed by atoms with Crippen LogP contribution in [0.3, 0.4) is 0 Å². The molecule has 0 fully saturated rings. The van der Waals surface area contributed by atoms with Crippen LogP contribution in [0.5, 0.6) is 11.6 Å². The summed E-state index contributed by atoms with van der Waals surface area (Å²) in [5, 5.41) is 6.21. The summed E-state index contributed by atoms with van der Waals surface area (Å²) in [4.78, 5) is 24.6. The van der Waals surface area contributed by atoms with E-state index in [0.717, 1.165) is 0 Å². The molecule has 0 spiro atoms. The molecule has 0 unspecified atom stereocenters. The van der Waals surface area contributed by atoms with E-state index in [-0.39, 0.29) is 11.7 Å². The van der Waals surface area contributed by atoms with E-state index in [1.807, 2.05) is 0 Å². The lowest BCUT2D eigenvalue weighted by Crippen LogP contribution is -2.10. The predicted molar refractivity (Wildman–Crippen MR) is 94.9 cm³/mol. The number of hydrogen-bond donors (Lipinski definition) is 1. The van der Waals surface area contributed by atoms with Crippen molar-refractivity contribution in [1.82, 2.24) is 24.7 Å². The zero-order valence-electron chi connectivity index (χ0n) is 14.2. The Balaban J connectivity index is 1.48. The average molecular weight is 362 g/mol. The number of hydrogen-bond acceptors (Lipinski definition) is 7. The van der Waals surface area contributed by atoms with Crippen molar-refractivity contribution >= 4 is 11.6 Å². The predicted octanol–water partition coefficient (Wildman–Crippen LogP) is 3.00. The van der Waals surface area contributed by atoms with Crippen LogP contribution in [0.1, 0.15) is 16.4 Å². The molecule has 1 aromatic carbocycles. The van der Waals surface area contributed by atoms with Crippen LogP contribution in [0.4, 0.5) is 5.69 Å². The Morgan fingerprint density at radius 1 is 1.15 bits per heavy atom. The third-order valence-electron chi connectivity index (χ3n) is 3.57. The number of ether oxygens (including phenoxy) is 1. The Labute approximate surface area is 153 Å². The molecule has 3 aromatic heterocycles. The van der Waals surface area contributed by atoms with Gasteiger partial charge in [0, 0.05) is 30.2 Å². The lowest BCUT2D eigenvalue weighted by Gasteiger charge is -2.09. The highest BCUT2D eigenvalue weighted by molar-refractivity contribution is 6.02. The monoisotopic (exact) mass is 362 g/mol. The summed E-state index contributed by atoms with van der Waals surface area (Å²) in [6.45, 7) is 1.79. The molecule has 9 nitrogen and oxygen atoms in total. The molecular formula is C18H14N6O3. The summed E-state index contributed by atoms with van der Waals surface area (Å²) in [6, 6.07) is 10.1. The van der Waals surface area contributed by atoms with Crippen molar-refractivity contribution in [3.63, 3.8) is 0 Å². The van der Waals surface area contributed by atoms with Crippen LogP contribution in [0.25, 0.3) is 5.82 Å². The highest BCUT2D eigenvalue weighted by atomic mass is 16.5. The minimum atomic E-state index is -0.377. The van der Waals surface area contributed by atoms with E-state index in [9.17, 15) is 4.79 Å².